The van der Waals surface area contributed by atoms with E-state index in [0.717, 1.165) is 57.2 Å². The average molecular weight is 446 g/mol. The Balaban J connectivity index is 1.54. The van der Waals surface area contributed by atoms with Crippen LogP contribution in [0, 0.1) is 19.8 Å². The first-order chi connectivity index (χ1) is 15.6. The molecule has 4 aromatic rings. The number of aromatic nitrogens is 3. The number of benzene rings is 2. The quantitative estimate of drug-likeness (QED) is 0.354. The smallest absolute Gasteiger partial charge is 0.229 e. The van der Waals surface area contributed by atoms with Crippen molar-refractivity contribution in [3.63, 3.8) is 0 Å². The molecule has 2 atom stereocenters. The summed E-state index contributed by atoms with van der Waals surface area (Å²) in [6.45, 7) is 4.32. The molecule has 1 saturated carbocycles. The molecule has 0 unspecified atom stereocenters. The van der Waals surface area contributed by atoms with Crippen molar-refractivity contribution >= 4 is 39.0 Å². The maximum Gasteiger partial charge on any atom is 0.229 e. The van der Waals surface area contributed by atoms with Gasteiger partial charge in [-0.15, -0.1) is 11.3 Å². The van der Waals surface area contributed by atoms with Gasteiger partial charge in [0, 0.05) is 18.3 Å². The first kappa shape index (κ1) is 20.8. The van der Waals surface area contributed by atoms with Gasteiger partial charge in [-0.3, -0.25) is 0 Å². The fourth-order valence-electron chi connectivity index (χ4n) is 4.39. The Hall–Kier alpha value is -3.03. The molecule has 32 heavy (non-hydrogen) atoms. The van der Waals surface area contributed by atoms with Gasteiger partial charge in [0.1, 0.15) is 10.8 Å². The molecule has 0 bridgehead atoms. The highest BCUT2D eigenvalue weighted by Crippen LogP contribution is 2.38. The van der Waals surface area contributed by atoms with Crippen molar-refractivity contribution < 1.29 is 5.11 Å². The lowest BCUT2D eigenvalue weighted by atomic mass is 10.1. The van der Waals surface area contributed by atoms with E-state index in [1.807, 2.05) is 37.3 Å². The van der Waals surface area contributed by atoms with Gasteiger partial charge in [0.15, 0.2) is 0 Å². The SMILES string of the molecule is Cc1cccc(Nc2nc(C)c(-c3nc4ccccc4s3)c(N[C@H]3CC[C@@H](CO)C3)n2)c1. The molecule has 6 nitrogen and oxygen atoms in total. The first-order valence-corrected chi connectivity index (χ1v) is 11.9. The van der Waals surface area contributed by atoms with E-state index in [4.69, 9.17) is 15.0 Å². The molecule has 1 aliphatic carbocycles. The molecule has 0 spiro atoms. The van der Waals surface area contributed by atoms with Gasteiger partial charge in [-0.05, 0) is 68.9 Å². The number of fused-ring (bicyclic) bond motifs is 1. The van der Waals surface area contributed by atoms with E-state index < -0.39 is 0 Å². The number of rotatable bonds is 6. The number of aryl methyl sites for hydroxylation is 2. The van der Waals surface area contributed by atoms with Crippen LogP contribution in [-0.2, 0) is 0 Å². The Morgan fingerprint density at radius 1 is 1.03 bits per heavy atom. The molecule has 3 N–H and O–H groups in total. The lowest BCUT2D eigenvalue weighted by Crippen LogP contribution is -2.19. The minimum atomic E-state index is 0.242. The van der Waals surface area contributed by atoms with Crippen molar-refractivity contribution in [2.75, 3.05) is 17.2 Å². The third-order valence-electron chi connectivity index (χ3n) is 6.01. The Morgan fingerprint density at radius 3 is 2.69 bits per heavy atom. The molecule has 0 aliphatic heterocycles. The normalized spacial score (nSPS) is 18.2. The highest BCUT2D eigenvalue weighted by molar-refractivity contribution is 7.21. The number of thiazole rings is 1. The number of hydrogen-bond donors (Lipinski definition) is 3. The van der Waals surface area contributed by atoms with E-state index in [2.05, 4.69) is 35.8 Å². The van der Waals surface area contributed by atoms with Crippen LogP contribution < -0.4 is 10.6 Å². The third-order valence-corrected chi connectivity index (χ3v) is 7.07. The second-order valence-corrected chi connectivity index (χ2v) is 9.57. The molecule has 2 aromatic heterocycles. The molecular weight excluding hydrogens is 418 g/mol. The van der Waals surface area contributed by atoms with Crippen molar-refractivity contribution in [3.05, 3.63) is 59.8 Å². The van der Waals surface area contributed by atoms with E-state index in [1.54, 1.807) is 11.3 Å². The molecule has 7 heteroatoms. The van der Waals surface area contributed by atoms with E-state index in [1.165, 1.54) is 5.56 Å². The molecular formula is C25H27N5OS. The molecule has 0 amide bonds. The van der Waals surface area contributed by atoms with Crippen molar-refractivity contribution in [3.8, 4) is 10.6 Å². The number of aliphatic hydroxyl groups is 1. The Bertz CT molecular complexity index is 1220. The van der Waals surface area contributed by atoms with Gasteiger partial charge in [-0.1, -0.05) is 24.3 Å². The molecule has 5 rings (SSSR count). The summed E-state index contributed by atoms with van der Waals surface area (Å²) in [5.74, 6) is 1.72. The summed E-state index contributed by atoms with van der Waals surface area (Å²) in [5.41, 5.74) is 4.96. The highest BCUT2D eigenvalue weighted by Gasteiger charge is 2.26. The molecule has 1 aliphatic rings. The Morgan fingerprint density at radius 2 is 1.91 bits per heavy atom. The van der Waals surface area contributed by atoms with Crippen LogP contribution >= 0.6 is 11.3 Å². The van der Waals surface area contributed by atoms with Gasteiger partial charge in [0.2, 0.25) is 5.95 Å². The number of aliphatic hydroxyl groups excluding tert-OH is 1. The number of nitrogens with one attached hydrogen (secondary N) is 2. The molecule has 0 radical (unpaired) electrons. The summed E-state index contributed by atoms with van der Waals surface area (Å²) >= 11 is 1.66. The average Bonchev–Trinajstić information content (AvgIpc) is 3.40. The maximum atomic E-state index is 9.57. The van der Waals surface area contributed by atoms with Crippen LogP contribution in [0.1, 0.15) is 30.5 Å². The van der Waals surface area contributed by atoms with Gasteiger partial charge in [-0.2, -0.15) is 4.98 Å². The van der Waals surface area contributed by atoms with Crippen LogP contribution in [0.2, 0.25) is 0 Å². The van der Waals surface area contributed by atoms with E-state index >= 15 is 0 Å². The summed E-state index contributed by atoms with van der Waals surface area (Å²) in [7, 11) is 0. The van der Waals surface area contributed by atoms with Crippen LogP contribution in [0.15, 0.2) is 48.5 Å². The summed E-state index contributed by atoms with van der Waals surface area (Å²) in [6, 6.07) is 16.6. The highest BCUT2D eigenvalue weighted by atomic mass is 32.1. The predicted molar refractivity (Wildman–Crippen MR) is 132 cm³/mol. The van der Waals surface area contributed by atoms with Gasteiger partial charge in [-0.25, -0.2) is 9.97 Å². The molecule has 164 valence electrons. The molecule has 0 saturated heterocycles. The minimum absolute atomic E-state index is 0.242. The molecule has 2 aromatic carbocycles. The standard InChI is InChI=1S/C25H27N5OS/c1-15-6-5-7-18(12-15)28-25-26-16(2)22(24-29-20-8-3-4-9-21(20)32-24)23(30-25)27-19-11-10-17(13-19)14-31/h3-9,12,17,19,31H,10-11,13-14H2,1-2H3,(H2,26,27,28,30)/t17-,19+/m1/s1. The number of hydrogen-bond acceptors (Lipinski definition) is 7. The van der Waals surface area contributed by atoms with Crippen LogP contribution in [0.3, 0.4) is 0 Å². The van der Waals surface area contributed by atoms with E-state index in [0.29, 0.717) is 11.9 Å². The Labute approximate surface area is 191 Å². The fourth-order valence-corrected chi connectivity index (χ4v) is 5.45. The molecule has 1 fully saturated rings. The van der Waals surface area contributed by atoms with E-state index in [-0.39, 0.29) is 12.6 Å². The summed E-state index contributed by atoms with van der Waals surface area (Å²) in [4.78, 5) is 14.5. The third kappa shape index (κ3) is 4.31. The van der Waals surface area contributed by atoms with Crippen molar-refractivity contribution in [1.82, 2.24) is 15.0 Å². The zero-order chi connectivity index (χ0) is 22.1. The van der Waals surface area contributed by atoms with Crippen molar-refractivity contribution in [2.45, 2.75) is 39.2 Å². The van der Waals surface area contributed by atoms with Gasteiger partial charge < -0.3 is 15.7 Å². The van der Waals surface area contributed by atoms with Gasteiger partial charge in [0.25, 0.3) is 0 Å². The zero-order valence-electron chi connectivity index (χ0n) is 18.3. The lowest BCUT2D eigenvalue weighted by Gasteiger charge is -2.18. The summed E-state index contributed by atoms with van der Waals surface area (Å²) in [6.07, 6.45) is 3.00. The van der Waals surface area contributed by atoms with E-state index in [9.17, 15) is 5.11 Å². The topological polar surface area (TPSA) is 83.0 Å². The Kier molecular flexibility index (Phi) is 5.76. The van der Waals surface area contributed by atoms with Gasteiger partial charge in [0.05, 0.1) is 21.5 Å². The predicted octanol–water partition coefficient (Wildman–Crippen LogP) is 5.69. The summed E-state index contributed by atoms with van der Waals surface area (Å²) in [5, 5.41) is 17.5. The van der Waals surface area contributed by atoms with Crippen LogP contribution in [0.25, 0.3) is 20.8 Å². The maximum absolute atomic E-state index is 9.57. The lowest BCUT2D eigenvalue weighted by molar-refractivity contribution is 0.229. The van der Waals surface area contributed by atoms with Crippen LogP contribution in [0.5, 0.6) is 0 Å². The van der Waals surface area contributed by atoms with Crippen molar-refractivity contribution in [2.24, 2.45) is 5.92 Å². The molecule has 2 heterocycles. The van der Waals surface area contributed by atoms with Crippen LogP contribution in [-0.4, -0.2) is 32.7 Å². The van der Waals surface area contributed by atoms with Gasteiger partial charge >= 0.3 is 0 Å². The number of nitrogens with zero attached hydrogens (tertiary/aromatic N) is 3. The summed E-state index contributed by atoms with van der Waals surface area (Å²) < 4.78 is 1.15. The monoisotopic (exact) mass is 445 g/mol. The minimum Gasteiger partial charge on any atom is -0.396 e. The zero-order valence-corrected chi connectivity index (χ0v) is 19.1. The van der Waals surface area contributed by atoms with Crippen LogP contribution in [0.4, 0.5) is 17.5 Å². The number of para-hydroxylation sites is 1. The largest absolute Gasteiger partial charge is 0.396 e. The van der Waals surface area contributed by atoms with Crippen molar-refractivity contribution in [1.29, 1.82) is 0 Å². The fraction of sp³-hybridized carbons (Fsp3) is 0.320. The first-order valence-electron chi connectivity index (χ1n) is 11.0. The number of anilines is 3. The second-order valence-electron chi connectivity index (χ2n) is 8.54. The second kappa shape index (κ2) is 8.84.